The van der Waals surface area contributed by atoms with E-state index < -0.39 is 0 Å². The highest BCUT2D eigenvalue weighted by molar-refractivity contribution is 7.80. The van der Waals surface area contributed by atoms with Crippen LogP contribution >= 0.6 is 12.2 Å². The van der Waals surface area contributed by atoms with Crippen LogP contribution in [0.2, 0.25) is 0 Å². The van der Waals surface area contributed by atoms with Crippen LogP contribution in [0.4, 0.5) is 5.69 Å². The van der Waals surface area contributed by atoms with E-state index in [0.717, 1.165) is 11.3 Å². The minimum atomic E-state index is -0.181. The van der Waals surface area contributed by atoms with Crippen molar-refractivity contribution in [2.45, 2.75) is 19.8 Å². The lowest BCUT2D eigenvalue weighted by molar-refractivity contribution is -0.143. The van der Waals surface area contributed by atoms with Crippen LogP contribution in [0, 0.1) is 0 Å². The molecule has 3 N–H and O–H groups in total. The molecule has 0 fully saturated rings. The quantitative estimate of drug-likeness (QED) is 0.442. The number of hydrogen-bond acceptors (Lipinski definition) is 5. The number of nitrogens with zero attached hydrogens (tertiary/aromatic N) is 1. The fourth-order valence-electron chi connectivity index (χ4n) is 1.44. The SMILES string of the molecule is CCOC(=O)CCCNc1cnccc1C(N)=S. The van der Waals surface area contributed by atoms with Gasteiger partial charge < -0.3 is 15.8 Å². The van der Waals surface area contributed by atoms with Gasteiger partial charge in [0.25, 0.3) is 0 Å². The molecule has 5 nitrogen and oxygen atoms in total. The first kappa shape index (κ1) is 14.4. The molecule has 0 unspecified atom stereocenters. The molecule has 0 radical (unpaired) electrons. The number of nitrogens with one attached hydrogen (secondary N) is 1. The van der Waals surface area contributed by atoms with Crippen molar-refractivity contribution in [1.29, 1.82) is 0 Å². The molecular weight excluding hydrogens is 250 g/mol. The zero-order valence-electron chi connectivity index (χ0n) is 10.3. The summed E-state index contributed by atoms with van der Waals surface area (Å²) in [5.41, 5.74) is 7.14. The molecule has 0 aliphatic heterocycles. The summed E-state index contributed by atoms with van der Waals surface area (Å²) in [5, 5.41) is 3.15. The van der Waals surface area contributed by atoms with E-state index in [1.165, 1.54) is 0 Å². The number of nitrogens with two attached hydrogens (primary N) is 1. The van der Waals surface area contributed by atoms with E-state index in [-0.39, 0.29) is 5.97 Å². The number of rotatable bonds is 7. The fourth-order valence-corrected chi connectivity index (χ4v) is 1.62. The number of hydrogen-bond donors (Lipinski definition) is 2. The molecule has 0 saturated carbocycles. The van der Waals surface area contributed by atoms with Crippen molar-refractivity contribution < 1.29 is 9.53 Å². The van der Waals surface area contributed by atoms with E-state index in [9.17, 15) is 4.79 Å². The molecule has 0 atom stereocenters. The van der Waals surface area contributed by atoms with Crippen LogP contribution in [0.3, 0.4) is 0 Å². The van der Waals surface area contributed by atoms with E-state index in [1.54, 1.807) is 25.4 Å². The van der Waals surface area contributed by atoms with E-state index in [0.29, 0.717) is 31.0 Å². The molecule has 1 rings (SSSR count). The Morgan fingerprint density at radius 3 is 3.06 bits per heavy atom. The van der Waals surface area contributed by atoms with Crippen molar-refractivity contribution in [3.8, 4) is 0 Å². The lowest BCUT2D eigenvalue weighted by Gasteiger charge is -2.10. The van der Waals surface area contributed by atoms with Crippen molar-refractivity contribution >= 4 is 28.9 Å². The van der Waals surface area contributed by atoms with Gasteiger partial charge in [0, 0.05) is 24.7 Å². The normalized spacial score (nSPS) is 9.83. The summed E-state index contributed by atoms with van der Waals surface area (Å²) in [6.07, 6.45) is 4.38. The van der Waals surface area contributed by atoms with Crippen molar-refractivity contribution in [3.63, 3.8) is 0 Å². The van der Waals surface area contributed by atoms with Crippen molar-refractivity contribution in [2.24, 2.45) is 5.73 Å². The maximum absolute atomic E-state index is 11.1. The second-order valence-electron chi connectivity index (χ2n) is 3.62. The van der Waals surface area contributed by atoms with Crippen LogP contribution in [-0.4, -0.2) is 29.1 Å². The van der Waals surface area contributed by atoms with E-state index in [2.05, 4.69) is 10.3 Å². The summed E-state index contributed by atoms with van der Waals surface area (Å²) < 4.78 is 4.84. The van der Waals surface area contributed by atoms with Crippen LogP contribution in [0.15, 0.2) is 18.5 Å². The Kier molecular flexibility index (Phi) is 6.07. The number of thiocarbonyl (C=S) groups is 1. The smallest absolute Gasteiger partial charge is 0.305 e. The van der Waals surface area contributed by atoms with E-state index in [1.807, 2.05) is 0 Å². The summed E-state index contributed by atoms with van der Waals surface area (Å²) in [7, 11) is 0. The molecular formula is C12H17N3O2S. The van der Waals surface area contributed by atoms with Crippen LogP contribution in [0.25, 0.3) is 0 Å². The van der Waals surface area contributed by atoms with Crippen molar-refractivity contribution in [3.05, 3.63) is 24.0 Å². The molecule has 0 aliphatic carbocycles. The summed E-state index contributed by atoms with van der Waals surface area (Å²) in [5.74, 6) is -0.181. The van der Waals surface area contributed by atoms with Gasteiger partial charge in [-0.15, -0.1) is 0 Å². The van der Waals surface area contributed by atoms with Gasteiger partial charge in [-0.3, -0.25) is 9.78 Å². The Labute approximate surface area is 112 Å². The maximum Gasteiger partial charge on any atom is 0.305 e. The largest absolute Gasteiger partial charge is 0.466 e. The fraction of sp³-hybridized carbons (Fsp3) is 0.417. The average Bonchev–Trinajstić information content (AvgIpc) is 2.35. The molecule has 1 heterocycles. The first-order valence-corrected chi connectivity index (χ1v) is 6.19. The minimum absolute atomic E-state index is 0.181. The topological polar surface area (TPSA) is 77.2 Å². The van der Waals surface area contributed by atoms with E-state index in [4.69, 9.17) is 22.7 Å². The maximum atomic E-state index is 11.1. The summed E-state index contributed by atoms with van der Waals surface area (Å²) >= 11 is 4.94. The molecule has 0 aromatic carbocycles. The number of carbonyl (C=O) groups is 1. The second kappa shape index (κ2) is 7.60. The predicted octanol–water partition coefficient (Wildman–Crippen LogP) is 1.47. The van der Waals surface area contributed by atoms with Crippen LogP contribution < -0.4 is 11.1 Å². The van der Waals surface area contributed by atoms with Gasteiger partial charge in [-0.25, -0.2) is 0 Å². The van der Waals surface area contributed by atoms with Gasteiger partial charge >= 0.3 is 5.97 Å². The Hall–Kier alpha value is -1.69. The molecule has 0 amide bonds. The van der Waals surface area contributed by atoms with Gasteiger partial charge in [-0.1, -0.05) is 12.2 Å². The van der Waals surface area contributed by atoms with Crippen LogP contribution in [0.1, 0.15) is 25.3 Å². The van der Waals surface area contributed by atoms with E-state index >= 15 is 0 Å². The standard InChI is InChI=1S/C12H17N3O2S/c1-2-17-11(16)4-3-6-15-10-8-14-7-5-9(10)12(13)18/h5,7-8,15H,2-4,6H2,1H3,(H2,13,18). The molecule has 0 aliphatic rings. The molecule has 1 aromatic rings. The summed E-state index contributed by atoms with van der Waals surface area (Å²) in [6.45, 7) is 2.85. The monoisotopic (exact) mass is 267 g/mol. The number of aromatic nitrogens is 1. The molecule has 6 heteroatoms. The molecule has 1 aromatic heterocycles. The highest BCUT2D eigenvalue weighted by Gasteiger charge is 2.05. The Balaban J connectivity index is 2.40. The predicted molar refractivity (Wildman–Crippen MR) is 74.5 cm³/mol. The molecule has 18 heavy (non-hydrogen) atoms. The molecule has 98 valence electrons. The van der Waals surface area contributed by atoms with Crippen LogP contribution in [-0.2, 0) is 9.53 Å². The zero-order chi connectivity index (χ0) is 13.4. The summed E-state index contributed by atoms with van der Waals surface area (Å²) in [6, 6.07) is 1.76. The number of carbonyl (C=O) groups excluding carboxylic acids is 1. The highest BCUT2D eigenvalue weighted by Crippen LogP contribution is 2.13. The summed E-state index contributed by atoms with van der Waals surface area (Å²) in [4.78, 5) is 15.5. The lowest BCUT2D eigenvalue weighted by atomic mass is 10.2. The third-order valence-corrected chi connectivity index (χ3v) is 2.48. The highest BCUT2D eigenvalue weighted by atomic mass is 32.1. The molecule has 0 saturated heterocycles. The van der Waals surface area contributed by atoms with Crippen LogP contribution in [0.5, 0.6) is 0 Å². The molecule has 0 spiro atoms. The zero-order valence-corrected chi connectivity index (χ0v) is 11.1. The Bertz CT molecular complexity index is 424. The van der Waals surface area contributed by atoms with Crippen molar-refractivity contribution in [1.82, 2.24) is 4.98 Å². The third kappa shape index (κ3) is 4.67. The Morgan fingerprint density at radius 1 is 1.61 bits per heavy atom. The number of pyridine rings is 1. The number of esters is 1. The Morgan fingerprint density at radius 2 is 2.39 bits per heavy atom. The minimum Gasteiger partial charge on any atom is -0.466 e. The first-order valence-electron chi connectivity index (χ1n) is 5.78. The van der Waals surface area contributed by atoms with Gasteiger partial charge in [-0.05, 0) is 19.4 Å². The third-order valence-electron chi connectivity index (χ3n) is 2.26. The molecule has 0 bridgehead atoms. The van der Waals surface area contributed by atoms with Gasteiger partial charge in [-0.2, -0.15) is 0 Å². The van der Waals surface area contributed by atoms with Gasteiger partial charge in [0.15, 0.2) is 0 Å². The first-order chi connectivity index (χ1) is 8.65. The van der Waals surface area contributed by atoms with Gasteiger partial charge in [0.2, 0.25) is 0 Å². The lowest BCUT2D eigenvalue weighted by Crippen LogP contribution is -2.14. The van der Waals surface area contributed by atoms with Gasteiger partial charge in [0.1, 0.15) is 4.99 Å². The second-order valence-corrected chi connectivity index (χ2v) is 4.06. The number of anilines is 1. The average molecular weight is 267 g/mol. The van der Waals surface area contributed by atoms with Crippen molar-refractivity contribution in [2.75, 3.05) is 18.5 Å². The number of ether oxygens (including phenoxy) is 1. The van der Waals surface area contributed by atoms with Gasteiger partial charge in [0.05, 0.1) is 18.5 Å².